The number of aromatic nitrogens is 4. The highest BCUT2D eigenvalue weighted by atomic mass is 35.5. The third-order valence-corrected chi connectivity index (χ3v) is 5.34. The highest BCUT2D eigenvalue weighted by molar-refractivity contribution is 7.08. The topological polar surface area (TPSA) is 107 Å². The maximum Gasteiger partial charge on any atom is 0.357 e. The normalized spacial score (nSPS) is 10.6. The number of nitrogens with zero attached hydrogens (tertiary/aromatic N) is 4. The molecule has 3 aromatic rings. The van der Waals surface area contributed by atoms with E-state index in [2.05, 4.69) is 24.5 Å². The molecule has 134 valence electrons. The summed E-state index contributed by atoms with van der Waals surface area (Å²) in [5, 5.41) is 10.3. The third kappa shape index (κ3) is 3.83. The van der Waals surface area contributed by atoms with Crippen LogP contribution in [0.1, 0.15) is 30.7 Å². The van der Waals surface area contributed by atoms with Gasteiger partial charge < -0.3 is 10.1 Å². The Morgan fingerprint density at radius 1 is 1.00 bits per heavy atom. The molecule has 0 unspecified atom stereocenters. The van der Waals surface area contributed by atoms with Crippen LogP contribution in [0.25, 0.3) is 0 Å². The molecular formula is C14H9Cl2N5O3S2. The van der Waals surface area contributed by atoms with Crippen molar-refractivity contribution >= 4 is 63.8 Å². The van der Waals surface area contributed by atoms with Crippen LogP contribution in [-0.4, -0.2) is 31.1 Å². The monoisotopic (exact) mass is 429 g/mol. The molecule has 0 bridgehead atoms. The van der Waals surface area contributed by atoms with Crippen molar-refractivity contribution in [2.24, 2.45) is 0 Å². The molecule has 3 rings (SSSR count). The van der Waals surface area contributed by atoms with Gasteiger partial charge in [-0.2, -0.15) is 0 Å². The van der Waals surface area contributed by atoms with Crippen LogP contribution in [0.3, 0.4) is 0 Å². The van der Waals surface area contributed by atoms with Crippen molar-refractivity contribution in [2.45, 2.75) is 13.8 Å². The number of esters is 1. The maximum absolute atomic E-state index is 12.2. The summed E-state index contributed by atoms with van der Waals surface area (Å²) in [6.07, 6.45) is 0. The Kier molecular flexibility index (Phi) is 5.47. The maximum atomic E-state index is 12.2. The van der Waals surface area contributed by atoms with Crippen LogP contribution in [0, 0.1) is 13.8 Å². The zero-order valence-electron chi connectivity index (χ0n) is 13.2. The zero-order chi connectivity index (χ0) is 18.8. The fraction of sp³-hybridized carbons (Fsp3) is 0.143. The quantitative estimate of drug-likeness (QED) is 0.496. The molecule has 0 atom stereocenters. The number of rotatable bonds is 4. The molecule has 0 aliphatic heterocycles. The van der Waals surface area contributed by atoms with E-state index in [1.165, 1.54) is 12.1 Å². The van der Waals surface area contributed by atoms with Crippen molar-refractivity contribution in [2.75, 3.05) is 5.32 Å². The van der Waals surface area contributed by atoms with Gasteiger partial charge in [0.1, 0.15) is 4.88 Å². The first-order chi connectivity index (χ1) is 12.4. The average Bonchev–Trinajstić information content (AvgIpc) is 3.19. The molecule has 0 aliphatic carbocycles. The number of hydrogen-bond donors (Lipinski definition) is 1. The Balaban J connectivity index is 1.80. The first kappa shape index (κ1) is 18.6. The summed E-state index contributed by atoms with van der Waals surface area (Å²) in [6.45, 7) is 3.31. The smallest absolute Gasteiger partial charge is 0.357 e. The number of carbonyl (C=O) groups is 2. The van der Waals surface area contributed by atoms with Gasteiger partial charge in [-0.3, -0.25) is 4.79 Å². The number of anilines is 1. The van der Waals surface area contributed by atoms with Gasteiger partial charge in [-0.1, -0.05) is 32.2 Å². The largest absolute Gasteiger partial charge is 0.419 e. The molecule has 2 heterocycles. The van der Waals surface area contributed by atoms with E-state index >= 15 is 0 Å². The van der Waals surface area contributed by atoms with E-state index in [0.29, 0.717) is 22.0 Å². The van der Waals surface area contributed by atoms with Gasteiger partial charge >= 0.3 is 5.97 Å². The minimum Gasteiger partial charge on any atom is -0.419 e. The lowest BCUT2D eigenvalue weighted by Gasteiger charge is -2.10. The van der Waals surface area contributed by atoms with Crippen molar-refractivity contribution in [3.63, 3.8) is 0 Å². The van der Waals surface area contributed by atoms with Gasteiger partial charge in [0.2, 0.25) is 0 Å². The SMILES string of the molecule is Cc1nnsc1C(=O)Nc1cc(Cl)c(OC(=O)c2snnc2C)c(Cl)c1. The predicted molar refractivity (Wildman–Crippen MR) is 98.7 cm³/mol. The number of benzene rings is 1. The van der Waals surface area contributed by atoms with Crippen molar-refractivity contribution < 1.29 is 14.3 Å². The first-order valence-electron chi connectivity index (χ1n) is 6.97. The molecular weight excluding hydrogens is 421 g/mol. The van der Waals surface area contributed by atoms with Crippen LogP contribution in [0.4, 0.5) is 5.69 Å². The number of nitrogens with one attached hydrogen (secondary N) is 1. The fourth-order valence-corrected chi connectivity index (χ4v) is 3.57. The summed E-state index contributed by atoms with van der Waals surface area (Å²) in [4.78, 5) is 25.0. The molecule has 0 saturated heterocycles. The van der Waals surface area contributed by atoms with Crippen LogP contribution < -0.4 is 10.1 Å². The minimum atomic E-state index is -0.663. The van der Waals surface area contributed by atoms with E-state index in [9.17, 15) is 9.59 Å². The molecule has 1 aromatic carbocycles. The molecule has 1 N–H and O–H groups in total. The van der Waals surface area contributed by atoms with Crippen LogP contribution >= 0.6 is 46.3 Å². The van der Waals surface area contributed by atoms with Crippen LogP contribution in [0.5, 0.6) is 5.75 Å². The molecule has 12 heteroatoms. The molecule has 8 nitrogen and oxygen atoms in total. The van der Waals surface area contributed by atoms with Gasteiger partial charge in [-0.15, -0.1) is 10.2 Å². The van der Waals surface area contributed by atoms with Gasteiger partial charge in [0.25, 0.3) is 5.91 Å². The number of halogens is 2. The lowest BCUT2D eigenvalue weighted by Crippen LogP contribution is -2.12. The second-order valence-electron chi connectivity index (χ2n) is 4.99. The van der Waals surface area contributed by atoms with Gasteiger partial charge in [0.05, 0.1) is 21.4 Å². The Bertz CT molecular complexity index is 981. The van der Waals surface area contributed by atoms with Crippen LogP contribution in [0.15, 0.2) is 12.1 Å². The molecule has 0 fully saturated rings. The zero-order valence-corrected chi connectivity index (χ0v) is 16.4. The van der Waals surface area contributed by atoms with Gasteiger partial charge in [-0.05, 0) is 49.0 Å². The second kappa shape index (κ2) is 7.62. The average molecular weight is 430 g/mol. The van der Waals surface area contributed by atoms with E-state index in [1.54, 1.807) is 13.8 Å². The van der Waals surface area contributed by atoms with Gasteiger partial charge in [-0.25, -0.2) is 4.79 Å². The molecule has 2 aromatic heterocycles. The van der Waals surface area contributed by atoms with Crippen molar-refractivity contribution in [1.82, 2.24) is 19.2 Å². The molecule has 26 heavy (non-hydrogen) atoms. The minimum absolute atomic E-state index is 0.0141. The van der Waals surface area contributed by atoms with E-state index in [4.69, 9.17) is 27.9 Å². The van der Waals surface area contributed by atoms with Crippen molar-refractivity contribution in [1.29, 1.82) is 0 Å². The second-order valence-corrected chi connectivity index (χ2v) is 7.31. The summed E-state index contributed by atoms with van der Waals surface area (Å²) in [6, 6.07) is 2.85. The number of amides is 1. The number of hydrogen-bond acceptors (Lipinski definition) is 9. The summed E-state index contributed by atoms with van der Waals surface area (Å²) in [5.74, 6) is -1.06. The fourth-order valence-electron chi connectivity index (χ4n) is 1.92. The van der Waals surface area contributed by atoms with Crippen molar-refractivity contribution in [3.8, 4) is 5.75 Å². The summed E-state index contributed by atoms with van der Waals surface area (Å²) < 4.78 is 12.6. The molecule has 0 aliphatic rings. The molecule has 0 radical (unpaired) electrons. The third-order valence-electron chi connectivity index (χ3n) is 3.15. The van der Waals surface area contributed by atoms with E-state index in [1.807, 2.05) is 0 Å². The Labute approximate surface area is 165 Å². The van der Waals surface area contributed by atoms with Crippen LogP contribution in [-0.2, 0) is 0 Å². The van der Waals surface area contributed by atoms with Crippen molar-refractivity contribution in [3.05, 3.63) is 43.3 Å². The molecule has 0 spiro atoms. The van der Waals surface area contributed by atoms with Gasteiger partial charge in [0, 0.05) is 5.69 Å². The molecule has 0 saturated carbocycles. The Morgan fingerprint density at radius 3 is 2.04 bits per heavy atom. The Hall–Kier alpha value is -2.14. The molecule has 1 amide bonds. The lowest BCUT2D eigenvalue weighted by molar-refractivity contribution is 0.0738. The summed E-state index contributed by atoms with van der Waals surface area (Å²) in [7, 11) is 0. The van der Waals surface area contributed by atoms with E-state index in [-0.39, 0.29) is 26.6 Å². The lowest BCUT2D eigenvalue weighted by atomic mass is 10.2. The predicted octanol–water partition coefficient (Wildman–Crippen LogP) is 3.78. The van der Waals surface area contributed by atoms with Crippen LogP contribution in [0.2, 0.25) is 10.0 Å². The summed E-state index contributed by atoms with van der Waals surface area (Å²) >= 11 is 14.2. The van der Waals surface area contributed by atoms with E-state index < -0.39 is 5.97 Å². The first-order valence-corrected chi connectivity index (χ1v) is 9.27. The highest BCUT2D eigenvalue weighted by Gasteiger charge is 2.20. The Morgan fingerprint density at radius 2 is 1.54 bits per heavy atom. The number of ether oxygens (including phenoxy) is 1. The standard InChI is InChI=1S/C14H9Cl2N5O3S2/c1-5-11(25-20-18-5)13(22)17-7-3-8(15)10(9(16)4-7)24-14(23)12-6(2)19-21-26-12/h3-4H,1-2H3,(H,17,22). The highest BCUT2D eigenvalue weighted by Crippen LogP contribution is 2.37. The van der Waals surface area contributed by atoms with E-state index in [0.717, 1.165) is 23.1 Å². The summed E-state index contributed by atoms with van der Waals surface area (Å²) in [5.41, 5.74) is 1.31. The number of carbonyl (C=O) groups excluding carboxylic acids is 2. The van der Waals surface area contributed by atoms with Gasteiger partial charge in [0.15, 0.2) is 10.6 Å². The number of aryl methyl sites for hydroxylation is 2.